The molecule has 1 aromatic rings. The van der Waals surface area contributed by atoms with Gasteiger partial charge in [-0.3, -0.25) is 4.79 Å². The van der Waals surface area contributed by atoms with Crippen molar-refractivity contribution in [2.45, 2.75) is 33.3 Å². The van der Waals surface area contributed by atoms with Crippen molar-refractivity contribution in [1.82, 2.24) is 5.32 Å². The Kier molecular flexibility index (Phi) is 6.34. The molecule has 0 radical (unpaired) electrons. The molecule has 0 aliphatic rings. The summed E-state index contributed by atoms with van der Waals surface area (Å²) >= 11 is 0. The van der Waals surface area contributed by atoms with Crippen LogP contribution in [0.2, 0.25) is 0 Å². The number of ether oxygens (including phenoxy) is 2. The molecule has 1 aromatic heterocycles. The van der Waals surface area contributed by atoms with Crippen LogP contribution in [0.25, 0.3) is 0 Å². The first-order valence-corrected chi connectivity index (χ1v) is 6.18. The van der Waals surface area contributed by atoms with Crippen molar-refractivity contribution in [3.8, 4) is 0 Å². The maximum absolute atomic E-state index is 11.3. The molecule has 20 heavy (non-hydrogen) atoms. The molecule has 0 spiro atoms. The number of alkyl carbamates (subject to hydrolysis) is 1. The molecular weight excluding hydrogens is 270 g/mol. The van der Waals surface area contributed by atoms with Gasteiger partial charge >= 0.3 is 17.9 Å². The number of nitrogens with one attached hydrogen (secondary N) is 1. The first-order chi connectivity index (χ1) is 9.52. The molecule has 0 bridgehead atoms. The van der Waals surface area contributed by atoms with E-state index >= 15 is 0 Å². The van der Waals surface area contributed by atoms with E-state index in [-0.39, 0.29) is 37.1 Å². The molecule has 0 fully saturated rings. The third-order valence-electron chi connectivity index (χ3n) is 2.30. The Bertz CT molecular complexity index is 502. The van der Waals surface area contributed by atoms with Gasteiger partial charge in [-0.05, 0) is 20.3 Å². The molecule has 112 valence electrons. The average Bonchev–Trinajstić information content (AvgIpc) is 2.71. The maximum Gasteiger partial charge on any atom is 0.519 e. The molecule has 0 unspecified atom stereocenters. The van der Waals surface area contributed by atoms with Crippen molar-refractivity contribution in [2.75, 3.05) is 13.2 Å². The van der Waals surface area contributed by atoms with Gasteiger partial charge in [0.05, 0.1) is 6.61 Å². The van der Waals surface area contributed by atoms with E-state index in [2.05, 4.69) is 14.2 Å². The summed E-state index contributed by atoms with van der Waals surface area (Å²) in [5, 5.41) is 2.46. The van der Waals surface area contributed by atoms with Gasteiger partial charge in [0.25, 0.3) is 0 Å². The van der Waals surface area contributed by atoms with E-state index in [0.717, 1.165) is 0 Å². The third kappa shape index (κ3) is 5.59. The van der Waals surface area contributed by atoms with E-state index in [1.54, 1.807) is 6.92 Å². The maximum atomic E-state index is 11.3. The zero-order valence-electron chi connectivity index (χ0n) is 11.4. The molecule has 1 rings (SSSR count). The molecule has 8 heteroatoms. The monoisotopic (exact) mass is 287 g/mol. The highest BCUT2D eigenvalue weighted by molar-refractivity contribution is 5.69. The summed E-state index contributed by atoms with van der Waals surface area (Å²) in [5.41, 5.74) is 0. The summed E-state index contributed by atoms with van der Waals surface area (Å²) in [6, 6.07) is 0. The second-order valence-corrected chi connectivity index (χ2v) is 3.84. The molecule has 0 aliphatic heterocycles. The second kappa shape index (κ2) is 8.03. The number of amides is 1. The Morgan fingerprint density at radius 3 is 2.60 bits per heavy atom. The first-order valence-electron chi connectivity index (χ1n) is 6.18. The minimum absolute atomic E-state index is 0.164. The van der Waals surface area contributed by atoms with E-state index in [9.17, 15) is 14.4 Å². The zero-order valence-corrected chi connectivity index (χ0v) is 11.4. The van der Waals surface area contributed by atoms with Crippen molar-refractivity contribution in [1.29, 1.82) is 0 Å². The van der Waals surface area contributed by atoms with Crippen molar-refractivity contribution in [3.63, 3.8) is 0 Å². The SMILES string of the molecule is CCOC(=O)CCCNC(=O)OCc1oc(=O)oc1C. The first kappa shape index (κ1) is 15.8. The van der Waals surface area contributed by atoms with Crippen LogP contribution in [-0.4, -0.2) is 25.2 Å². The number of carbonyl (C=O) groups is 2. The fourth-order valence-corrected chi connectivity index (χ4v) is 1.34. The fraction of sp³-hybridized carbons (Fsp3) is 0.583. The van der Waals surface area contributed by atoms with Crippen LogP contribution in [0.15, 0.2) is 13.6 Å². The van der Waals surface area contributed by atoms with Crippen LogP contribution in [0, 0.1) is 6.92 Å². The smallest absolute Gasteiger partial charge is 0.466 e. The molecule has 0 aliphatic carbocycles. The molecule has 1 amide bonds. The highest BCUT2D eigenvalue weighted by Gasteiger charge is 2.11. The Labute approximate surface area is 115 Å². The molecule has 0 aromatic carbocycles. The number of esters is 1. The molecule has 1 heterocycles. The van der Waals surface area contributed by atoms with Gasteiger partial charge in [-0.1, -0.05) is 0 Å². The van der Waals surface area contributed by atoms with Gasteiger partial charge in [-0.25, -0.2) is 9.59 Å². The topological polar surface area (TPSA) is 108 Å². The lowest BCUT2D eigenvalue weighted by Crippen LogP contribution is -2.25. The van der Waals surface area contributed by atoms with Crippen LogP contribution in [0.1, 0.15) is 31.3 Å². The molecule has 0 saturated carbocycles. The van der Waals surface area contributed by atoms with Crippen molar-refractivity contribution in [2.24, 2.45) is 0 Å². The lowest BCUT2D eigenvalue weighted by Gasteiger charge is -2.05. The van der Waals surface area contributed by atoms with E-state index in [1.165, 1.54) is 6.92 Å². The van der Waals surface area contributed by atoms with Gasteiger partial charge in [-0.15, -0.1) is 0 Å². The van der Waals surface area contributed by atoms with Gasteiger partial charge in [-0.2, -0.15) is 0 Å². The van der Waals surface area contributed by atoms with E-state index < -0.39 is 11.9 Å². The Balaban J connectivity index is 2.16. The summed E-state index contributed by atoms with van der Waals surface area (Å²) in [7, 11) is 0. The number of hydrogen-bond donors (Lipinski definition) is 1. The summed E-state index contributed by atoms with van der Waals surface area (Å²) in [6.07, 6.45) is 0.00882. The fourth-order valence-electron chi connectivity index (χ4n) is 1.34. The van der Waals surface area contributed by atoms with Gasteiger partial charge in [0, 0.05) is 13.0 Å². The highest BCUT2D eigenvalue weighted by atomic mass is 16.6. The summed E-state index contributed by atoms with van der Waals surface area (Å²) in [4.78, 5) is 33.1. The van der Waals surface area contributed by atoms with Crippen molar-refractivity contribution in [3.05, 3.63) is 22.1 Å². The largest absolute Gasteiger partial charge is 0.519 e. The predicted molar refractivity (Wildman–Crippen MR) is 66.0 cm³/mol. The number of rotatable bonds is 7. The van der Waals surface area contributed by atoms with Crippen molar-refractivity contribution >= 4 is 12.1 Å². The minimum atomic E-state index is -0.837. The van der Waals surface area contributed by atoms with Crippen molar-refractivity contribution < 1.29 is 27.9 Å². The quantitative estimate of drug-likeness (QED) is 0.591. The van der Waals surface area contributed by atoms with Gasteiger partial charge < -0.3 is 23.6 Å². The normalized spacial score (nSPS) is 10.1. The Morgan fingerprint density at radius 2 is 2.00 bits per heavy atom. The molecule has 8 nitrogen and oxygen atoms in total. The molecular formula is C12H17NO7. The molecule has 0 atom stereocenters. The molecule has 1 N–H and O–H groups in total. The van der Waals surface area contributed by atoms with Crippen LogP contribution < -0.4 is 11.1 Å². The Morgan fingerprint density at radius 1 is 1.25 bits per heavy atom. The highest BCUT2D eigenvalue weighted by Crippen LogP contribution is 2.06. The molecule has 0 saturated heterocycles. The van der Waals surface area contributed by atoms with E-state index in [1.807, 2.05) is 0 Å². The second-order valence-electron chi connectivity index (χ2n) is 3.84. The van der Waals surface area contributed by atoms with Crippen LogP contribution >= 0.6 is 0 Å². The zero-order chi connectivity index (χ0) is 15.0. The lowest BCUT2D eigenvalue weighted by molar-refractivity contribution is -0.143. The lowest BCUT2D eigenvalue weighted by atomic mass is 10.3. The number of aryl methyl sites for hydroxylation is 1. The van der Waals surface area contributed by atoms with Crippen LogP contribution in [-0.2, 0) is 20.9 Å². The number of hydrogen-bond acceptors (Lipinski definition) is 7. The summed E-state index contributed by atoms with van der Waals surface area (Å²) in [5.74, 6) is -0.712. The van der Waals surface area contributed by atoms with E-state index in [0.29, 0.717) is 13.0 Å². The third-order valence-corrected chi connectivity index (χ3v) is 2.30. The van der Waals surface area contributed by atoms with Gasteiger partial charge in [0.2, 0.25) is 0 Å². The number of carbonyl (C=O) groups excluding carboxylic acids is 2. The predicted octanol–water partition coefficient (Wildman–Crippen LogP) is 1.11. The van der Waals surface area contributed by atoms with Gasteiger partial charge in [0.15, 0.2) is 18.1 Å². The standard InChI is InChI=1S/C12H17NO7/c1-3-17-10(14)5-4-6-13-11(15)18-7-9-8(2)19-12(16)20-9/h3-7H2,1-2H3,(H,13,15). The summed E-state index contributed by atoms with van der Waals surface area (Å²) < 4.78 is 18.8. The van der Waals surface area contributed by atoms with Crippen LogP contribution in [0.5, 0.6) is 0 Å². The van der Waals surface area contributed by atoms with Crippen LogP contribution in [0.4, 0.5) is 4.79 Å². The minimum Gasteiger partial charge on any atom is -0.466 e. The van der Waals surface area contributed by atoms with Gasteiger partial charge in [0.1, 0.15) is 0 Å². The summed E-state index contributed by atoms with van der Waals surface area (Å²) in [6.45, 7) is 3.68. The Hall–Kier alpha value is -2.25. The average molecular weight is 287 g/mol. The van der Waals surface area contributed by atoms with Crippen LogP contribution in [0.3, 0.4) is 0 Å². The van der Waals surface area contributed by atoms with E-state index in [4.69, 9.17) is 9.47 Å².